The summed E-state index contributed by atoms with van der Waals surface area (Å²) in [7, 11) is 1.81. The number of nitrogens with zero attached hydrogens (tertiary/aromatic N) is 5. The van der Waals surface area contributed by atoms with Gasteiger partial charge in [0.25, 0.3) is 5.91 Å². The molecule has 0 aromatic carbocycles. The van der Waals surface area contributed by atoms with Gasteiger partial charge >= 0.3 is 0 Å². The highest BCUT2D eigenvalue weighted by molar-refractivity contribution is 7.18. The van der Waals surface area contributed by atoms with Gasteiger partial charge in [-0.05, 0) is 30.7 Å². The summed E-state index contributed by atoms with van der Waals surface area (Å²) in [6, 6.07) is 0.186. The number of amides is 1. The Morgan fingerprint density at radius 1 is 1.32 bits per heavy atom. The Morgan fingerprint density at radius 2 is 2.12 bits per heavy atom. The molecule has 0 unspecified atom stereocenters. The molecular formula is C17H20N6OS. The first-order chi connectivity index (χ1) is 12.1. The molecule has 130 valence electrons. The van der Waals surface area contributed by atoms with Crippen molar-refractivity contribution in [2.24, 2.45) is 7.05 Å². The van der Waals surface area contributed by atoms with Crippen LogP contribution in [0.5, 0.6) is 0 Å². The van der Waals surface area contributed by atoms with Crippen LogP contribution in [0.2, 0.25) is 0 Å². The molecule has 0 atom stereocenters. The molecule has 1 N–H and O–H groups in total. The van der Waals surface area contributed by atoms with Crippen molar-refractivity contribution in [3.05, 3.63) is 35.2 Å². The molecule has 0 radical (unpaired) electrons. The van der Waals surface area contributed by atoms with E-state index in [1.807, 2.05) is 7.05 Å². The van der Waals surface area contributed by atoms with Gasteiger partial charge in [0.1, 0.15) is 12.1 Å². The Hall–Kier alpha value is -2.48. The fraction of sp³-hybridized carbons (Fsp3) is 0.412. The Balaban J connectivity index is 1.42. The maximum absolute atomic E-state index is 12.3. The summed E-state index contributed by atoms with van der Waals surface area (Å²) >= 11 is 1.70. The number of aryl methyl sites for hydroxylation is 2. The molecule has 25 heavy (non-hydrogen) atoms. The van der Waals surface area contributed by atoms with E-state index in [9.17, 15) is 4.79 Å². The van der Waals surface area contributed by atoms with Crippen molar-refractivity contribution in [2.45, 2.75) is 25.8 Å². The second kappa shape index (κ2) is 6.44. The third kappa shape index (κ3) is 3.09. The van der Waals surface area contributed by atoms with Crippen LogP contribution in [-0.4, -0.2) is 44.8 Å². The van der Waals surface area contributed by atoms with Crippen molar-refractivity contribution in [1.29, 1.82) is 0 Å². The Kier molecular flexibility index (Phi) is 4.12. The first kappa shape index (κ1) is 16.0. The molecule has 1 aliphatic rings. The van der Waals surface area contributed by atoms with Crippen LogP contribution in [0, 0.1) is 6.92 Å². The molecule has 7 nitrogen and oxygen atoms in total. The van der Waals surface area contributed by atoms with Crippen LogP contribution >= 0.6 is 11.3 Å². The zero-order valence-electron chi connectivity index (χ0n) is 14.3. The van der Waals surface area contributed by atoms with Crippen LogP contribution in [0.15, 0.2) is 24.1 Å². The quantitative estimate of drug-likeness (QED) is 0.778. The van der Waals surface area contributed by atoms with Crippen molar-refractivity contribution < 1.29 is 4.79 Å². The fourth-order valence-corrected chi connectivity index (χ4v) is 4.24. The molecule has 0 spiro atoms. The second-order valence-electron chi connectivity index (χ2n) is 6.43. The third-order valence-electron chi connectivity index (χ3n) is 4.61. The average molecular weight is 356 g/mol. The summed E-state index contributed by atoms with van der Waals surface area (Å²) in [4.78, 5) is 23.5. The number of anilines is 1. The Morgan fingerprint density at radius 3 is 2.84 bits per heavy atom. The highest BCUT2D eigenvalue weighted by Gasteiger charge is 2.24. The summed E-state index contributed by atoms with van der Waals surface area (Å²) < 4.78 is 2.79. The van der Waals surface area contributed by atoms with E-state index >= 15 is 0 Å². The van der Waals surface area contributed by atoms with Crippen LogP contribution in [-0.2, 0) is 7.05 Å². The highest BCUT2D eigenvalue weighted by Crippen LogP contribution is 2.32. The number of carbonyl (C=O) groups excluding carboxylic acids is 1. The predicted octanol–water partition coefficient (Wildman–Crippen LogP) is 2.13. The summed E-state index contributed by atoms with van der Waals surface area (Å²) in [5.74, 6) is 0.963. The number of thiophene rings is 1. The number of aromatic nitrogens is 4. The van der Waals surface area contributed by atoms with Gasteiger partial charge in [-0.25, -0.2) is 9.97 Å². The van der Waals surface area contributed by atoms with E-state index in [2.05, 4.69) is 37.6 Å². The molecular weight excluding hydrogens is 336 g/mol. The van der Waals surface area contributed by atoms with Gasteiger partial charge in [0.05, 0.1) is 22.0 Å². The van der Waals surface area contributed by atoms with Gasteiger partial charge in [-0.15, -0.1) is 11.3 Å². The number of fused-ring (bicyclic) bond motifs is 1. The lowest BCUT2D eigenvalue weighted by Gasteiger charge is -2.33. The first-order valence-corrected chi connectivity index (χ1v) is 9.23. The minimum Gasteiger partial charge on any atom is -0.355 e. The summed E-state index contributed by atoms with van der Waals surface area (Å²) in [6.07, 6.45) is 6.79. The molecule has 0 aliphatic carbocycles. The molecule has 0 saturated carbocycles. The zero-order valence-corrected chi connectivity index (χ0v) is 15.1. The maximum atomic E-state index is 12.3. The fourth-order valence-electron chi connectivity index (χ4n) is 3.23. The zero-order chi connectivity index (χ0) is 17.4. The summed E-state index contributed by atoms with van der Waals surface area (Å²) in [5.41, 5.74) is 2.85. The Labute approximate surface area is 149 Å². The van der Waals surface area contributed by atoms with E-state index in [1.165, 1.54) is 5.56 Å². The van der Waals surface area contributed by atoms with E-state index < -0.39 is 0 Å². The van der Waals surface area contributed by atoms with Crippen molar-refractivity contribution in [1.82, 2.24) is 25.1 Å². The highest BCUT2D eigenvalue weighted by atomic mass is 32.1. The van der Waals surface area contributed by atoms with Crippen molar-refractivity contribution in [2.75, 3.05) is 18.0 Å². The summed E-state index contributed by atoms with van der Waals surface area (Å²) in [6.45, 7) is 3.83. The Bertz CT molecular complexity index is 909. The maximum Gasteiger partial charge on any atom is 0.254 e. The van der Waals surface area contributed by atoms with E-state index in [0.717, 1.165) is 42.0 Å². The number of piperidine rings is 1. The molecule has 8 heteroatoms. The number of hydrogen-bond acceptors (Lipinski definition) is 6. The van der Waals surface area contributed by atoms with Crippen LogP contribution < -0.4 is 10.2 Å². The van der Waals surface area contributed by atoms with Gasteiger partial charge in [-0.1, -0.05) is 0 Å². The predicted molar refractivity (Wildman–Crippen MR) is 98.1 cm³/mol. The van der Waals surface area contributed by atoms with Crippen LogP contribution in [0.25, 0.3) is 10.2 Å². The molecule has 4 rings (SSSR count). The van der Waals surface area contributed by atoms with Gasteiger partial charge in [0, 0.05) is 32.4 Å². The standard InChI is InChI=1S/C17H20N6OS/c1-11-9-25-15-14(11)18-10-19-16(15)23-5-3-13(4-6-23)21-17(24)12-7-20-22(2)8-12/h7-10,13H,3-6H2,1-2H3,(H,21,24). The van der Waals surface area contributed by atoms with Gasteiger partial charge in [0.15, 0.2) is 0 Å². The molecule has 3 aromatic heterocycles. The van der Waals surface area contributed by atoms with Gasteiger partial charge in [0.2, 0.25) is 0 Å². The minimum absolute atomic E-state index is 0.0511. The van der Waals surface area contributed by atoms with E-state index in [-0.39, 0.29) is 11.9 Å². The first-order valence-electron chi connectivity index (χ1n) is 8.35. The smallest absolute Gasteiger partial charge is 0.254 e. The minimum atomic E-state index is -0.0511. The van der Waals surface area contributed by atoms with Crippen molar-refractivity contribution >= 4 is 33.3 Å². The van der Waals surface area contributed by atoms with Gasteiger partial charge in [-0.3, -0.25) is 9.48 Å². The van der Waals surface area contributed by atoms with E-state index in [4.69, 9.17) is 0 Å². The SMILES string of the molecule is Cc1csc2c(N3CCC(NC(=O)c4cnn(C)c4)CC3)ncnc12. The largest absolute Gasteiger partial charge is 0.355 e. The van der Waals surface area contributed by atoms with Crippen molar-refractivity contribution in [3.8, 4) is 0 Å². The number of nitrogens with one attached hydrogen (secondary N) is 1. The number of carbonyl (C=O) groups is 1. The lowest BCUT2D eigenvalue weighted by atomic mass is 10.0. The average Bonchev–Trinajstić information content (AvgIpc) is 3.22. The van der Waals surface area contributed by atoms with Gasteiger partial charge in [-0.2, -0.15) is 5.10 Å². The monoisotopic (exact) mass is 356 g/mol. The molecule has 0 bridgehead atoms. The normalized spacial score (nSPS) is 15.7. The van der Waals surface area contributed by atoms with Crippen LogP contribution in [0.4, 0.5) is 5.82 Å². The molecule has 3 aromatic rings. The molecule has 1 aliphatic heterocycles. The molecule has 1 amide bonds. The number of rotatable bonds is 3. The second-order valence-corrected chi connectivity index (χ2v) is 7.31. The number of hydrogen-bond donors (Lipinski definition) is 1. The molecule has 4 heterocycles. The molecule has 1 saturated heterocycles. The topological polar surface area (TPSA) is 75.9 Å². The van der Waals surface area contributed by atoms with Gasteiger partial charge < -0.3 is 10.2 Å². The van der Waals surface area contributed by atoms with E-state index in [1.54, 1.807) is 34.7 Å². The van der Waals surface area contributed by atoms with Crippen LogP contribution in [0.3, 0.4) is 0 Å². The molecule has 1 fully saturated rings. The lowest BCUT2D eigenvalue weighted by molar-refractivity contribution is 0.0931. The third-order valence-corrected chi connectivity index (χ3v) is 5.69. The van der Waals surface area contributed by atoms with E-state index in [0.29, 0.717) is 5.56 Å². The summed E-state index contributed by atoms with van der Waals surface area (Å²) in [5, 5.41) is 9.29. The van der Waals surface area contributed by atoms with Crippen LogP contribution in [0.1, 0.15) is 28.8 Å². The van der Waals surface area contributed by atoms with Crippen molar-refractivity contribution in [3.63, 3.8) is 0 Å². The lowest BCUT2D eigenvalue weighted by Crippen LogP contribution is -2.45.